The third kappa shape index (κ3) is 4.64. The lowest BCUT2D eigenvalue weighted by atomic mass is 9.94. The van der Waals surface area contributed by atoms with Gasteiger partial charge in [-0.3, -0.25) is 9.59 Å². The number of phenolic OH excluding ortho intramolecular Hbond substituents is 1. The predicted octanol–water partition coefficient (Wildman–Crippen LogP) is 5.04. The van der Waals surface area contributed by atoms with Gasteiger partial charge in [-0.1, -0.05) is 30.3 Å². The highest BCUT2D eigenvalue weighted by Crippen LogP contribution is 2.42. The molecular formula is C29H29NO6. The van der Waals surface area contributed by atoms with E-state index in [4.69, 9.17) is 9.47 Å². The van der Waals surface area contributed by atoms with Crippen LogP contribution >= 0.6 is 0 Å². The standard InChI is InChI=1S/C29H29NO6/c1-5-36-24-15-20(10-13-23(24)31)26-25(27(32)21-9-6-17(2)18(3)14-21)28(33)29(34)30(26)16-19-7-11-22(35-4)12-8-19/h6-15,26,31-32H,5,16H2,1-4H3/b27-25-. The second-order valence-corrected chi connectivity index (χ2v) is 8.73. The number of methoxy groups -OCH3 is 1. The fraction of sp³-hybridized carbons (Fsp3) is 0.241. The Labute approximate surface area is 210 Å². The number of hydrogen-bond acceptors (Lipinski definition) is 6. The van der Waals surface area contributed by atoms with Gasteiger partial charge in [-0.2, -0.15) is 0 Å². The molecule has 0 saturated carbocycles. The van der Waals surface area contributed by atoms with E-state index in [9.17, 15) is 19.8 Å². The second-order valence-electron chi connectivity index (χ2n) is 8.73. The van der Waals surface area contributed by atoms with Crippen molar-refractivity contribution in [3.63, 3.8) is 0 Å². The second kappa shape index (κ2) is 10.2. The molecule has 7 heteroatoms. The number of carbonyl (C=O) groups excluding carboxylic acids is 2. The number of amides is 1. The van der Waals surface area contributed by atoms with Crippen LogP contribution in [0.3, 0.4) is 0 Å². The minimum atomic E-state index is -0.881. The molecule has 186 valence electrons. The zero-order chi connectivity index (χ0) is 26.0. The number of aromatic hydroxyl groups is 1. The number of aryl methyl sites for hydroxylation is 2. The van der Waals surface area contributed by atoms with Gasteiger partial charge in [0.25, 0.3) is 11.7 Å². The molecule has 1 unspecified atom stereocenters. The molecule has 0 bridgehead atoms. The Bertz CT molecular complexity index is 1340. The average molecular weight is 488 g/mol. The van der Waals surface area contributed by atoms with Gasteiger partial charge in [0.2, 0.25) is 0 Å². The van der Waals surface area contributed by atoms with Crippen LogP contribution < -0.4 is 9.47 Å². The number of nitrogens with zero attached hydrogens (tertiary/aromatic N) is 1. The lowest BCUT2D eigenvalue weighted by Gasteiger charge is -2.26. The number of aliphatic hydroxyl groups is 1. The number of likely N-dealkylation sites (tertiary alicyclic amines) is 1. The van der Waals surface area contributed by atoms with E-state index in [1.807, 2.05) is 32.0 Å². The van der Waals surface area contributed by atoms with E-state index in [1.165, 1.54) is 11.0 Å². The smallest absolute Gasteiger partial charge is 0.295 e. The topological polar surface area (TPSA) is 96.3 Å². The van der Waals surface area contributed by atoms with Gasteiger partial charge in [-0.15, -0.1) is 0 Å². The predicted molar refractivity (Wildman–Crippen MR) is 136 cm³/mol. The Kier molecular flexibility index (Phi) is 7.01. The first-order valence-electron chi connectivity index (χ1n) is 11.7. The summed E-state index contributed by atoms with van der Waals surface area (Å²) in [5, 5.41) is 21.5. The summed E-state index contributed by atoms with van der Waals surface area (Å²) in [7, 11) is 1.57. The molecule has 0 aliphatic carbocycles. The third-order valence-corrected chi connectivity index (χ3v) is 6.43. The molecule has 1 amide bonds. The monoisotopic (exact) mass is 487 g/mol. The molecule has 1 heterocycles. The Hall–Kier alpha value is -4.26. The molecule has 3 aromatic rings. The van der Waals surface area contributed by atoms with Crippen LogP contribution in [0, 0.1) is 13.8 Å². The number of aliphatic hydroxyl groups excluding tert-OH is 1. The Morgan fingerprint density at radius 2 is 1.69 bits per heavy atom. The number of phenols is 1. The van der Waals surface area contributed by atoms with E-state index in [0.717, 1.165) is 16.7 Å². The van der Waals surface area contributed by atoms with Gasteiger partial charge in [0.1, 0.15) is 11.5 Å². The molecule has 7 nitrogen and oxygen atoms in total. The van der Waals surface area contributed by atoms with Crippen molar-refractivity contribution in [2.75, 3.05) is 13.7 Å². The van der Waals surface area contributed by atoms with Crippen molar-refractivity contribution in [2.24, 2.45) is 0 Å². The van der Waals surface area contributed by atoms with Crippen LogP contribution in [0.25, 0.3) is 5.76 Å². The highest BCUT2D eigenvalue weighted by Gasteiger charge is 2.46. The first-order valence-corrected chi connectivity index (χ1v) is 11.7. The van der Waals surface area contributed by atoms with Crippen molar-refractivity contribution in [1.29, 1.82) is 0 Å². The van der Waals surface area contributed by atoms with Gasteiger partial charge in [-0.05, 0) is 73.4 Å². The minimum absolute atomic E-state index is 0.00935. The largest absolute Gasteiger partial charge is 0.507 e. The summed E-state index contributed by atoms with van der Waals surface area (Å²) in [6, 6.07) is 16.4. The Balaban J connectivity index is 1.87. The molecule has 1 aliphatic rings. The number of Topliss-reactive ketones (excluding diaryl/α,β-unsaturated/α-hetero) is 1. The average Bonchev–Trinajstić information content (AvgIpc) is 3.12. The summed E-state index contributed by atoms with van der Waals surface area (Å²) in [6.45, 7) is 6.12. The first kappa shape index (κ1) is 24.9. The van der Waals surface area contributed by atoms with Crippen LogP contribution in [0.5, 0.6) is 17.2 Å². The number of benzene rings is 3. The van der Waals surface area contributed by atoms with Crippen LogP contribution in [-0.2, 0) is 16.1 Å². The Morgan fingerprint density at radius 1 is 0.972 bits per heavy atom. The molecule has 1 saturated heterocycles. The highest BCUT2D eigenvalue weighted by atomic mass is 16.5. The SMILES string of the molecule is CCOc1cc(C2/C(=C(/O)c3ccc(C)c(C)c3)C(=O)C(=O)N2Cc2ccc(OC)cc2)ccc1O. The van der Waals surface area contributed by atoms with Crippen LogP contribution in [0.15, 0.2) is 66.2 Å². The molecule has 0 aromatic heterocycles. The maximum Gasteiger partial charge on any atom is 0.295 e. The van der Waals surface area contributed by atoms with E-state index >= 15 is 0 Å². The minimum Gasteiger partial charge on any atom is -0.507 e. The van der Waals surface area contributed by atoms with Gasteiger partial charge in [0.05, 0.1) is 25.3 Å². The zero-order valence-electron chi connectivity index (χ0n) is 20.7. The van der Waals surface area contributed by atoms with Gasteiger partial charge in [0, 0.05) is 12.1 Å². The third-order valence-electron chi connectivity index (χ3n) is 6.43. The Morgan fingerprint density at radius 3 is 2.33 bits per heavy atom. The fourth-order valence-corrected chi connectivity index (χ4v) is 4.33. The van der Waals surface area contributed by atoms with Crippen molar-refractivity contribution in [3.8, 4) is 17.2 Å². The van der Waals surface area contributed by atoms with Crippen LogP contribution in [0.2, 0.25) is 0 Å². The molecule has 36 heavy (non-hydrogen) atoms. The molecule has 1 aliphatic heterocycles. The molecule has 1 fully saturated rings. The quantitative estimate of drug-likeness (QED) is 0.275. The molecule has 3 aromatic carbocycles. The summed E-state index contributed by atoms with van der Waals surface area (Å²) >= 11 is 0. The van der Waals surface area contributed by atoms with Gasteiger partial charge < -0.3 is 24.6 Å². The van der Waals surface area contributed by atoms with Gasteiger partial charge in [-0.25, -0.2) is 0 Å². The first-order chi connectivity index (χ1) is 17.2. The van der Waals surface area contributed by atoms with Gasteiger partial charge in [0.15, 0.2) is 11.5 Å². The summed E-state index contributed by atoms with van der Waals surface area (Å²) in [5.74, 6) is -0.878. The van der Waals surface area contributed by atoms with E-state index in [2.05, 4.69) is 0 Å². The summed E-state index contributed by atoms with van der Waals surface area (Å²) in [4.78, 5) is 28.0. The normalized spacial score (nSPS) is 16.9. The lowest BCUT2D eigenvalue weighted by molar-refractivity contribution is -0.140. The molecule has 1 atom stereocenters. The van der Waals surface area contributed by atoms with Crippen molar-refractivity contribution >= 4 is 17.4 Å². The van der Waals surface area contributed by atoms with E-state index < -0.39 is 17.7 Å². The van der Waals surface area contributed by atoms with Crippen LogP contribution in [0.1, 0.15) is 40.8 Å². The molecular weight excluding hydrogens is 458 g/mol. The van der Waals surface area contributed by atoms with E-state index in [-0.39, 0.29) is 29.4 Å². The van der Waals surface area contributed by atoms with Crippen molar-refractivity contribution < 1.29 is 29.3 Å². The highest BCUT2D eigenvalue weighted by molar-refractivity contribution is 6.46. The van der Waals surface area contributed by atoms with Crippen molar-refractivity contribution in [1.82, 2.24) is 4.90 Å². The molecule has 2 N–H and O–H groups in total. The maximum atomic E-state index is 13.3. The maximum absolute atomic E-state index is 13.3. The number of rotatable bonds is 7. The van der Waals surface area contributed by atoms with E-state index in [1.54, 1.807) is 50.4 Å². The number of carbonyl (C=O) groups is 2. The summed E-state index contributed by atoms with van der Waals surface area (Å²) in [6.07, 6.45) is 0. The van der Waals surface area contributed by atoms with Crippen molar-refractivity contribution in [2.45, 2.75) is 33.4 Å². The van der Waals surface area contributed by atoms with Crippen LogP contribution in [-0.4, -0.2) is 40.5 Å². The van der Waals surface area contributed by atoms with Crippen molar-refractivity contribution in [3.05, 3.63) is 94.1 Å². The number of ketones is 1. The fourth-order valence-electron chi connectivity index (χ4n) is 4.33. The summed E-state index contributed by atoms with van der Waals surface area (Å²) in [5.41, 5.74) is 3.76. The van der Waals surface area contributed by atoms with Crippen LogP contribution in [0.4, 0.5) is 0 Å². The van der Waals surface area contributed by atoms with Gasteiger partial charge >= 0.3 is 0 Å². The lowest BCUT2D eigenvalue weighted by Crippen LogP contribution is -2.29. The number of ether oxygens (including phenoxy) is 2. The number of hydrogen-bond donors (Lipinski definition) is 2. The summed E-state index contributed by atoms with van der Waals surface area (Å²) < 4.78 is 10.8. The molecule has 0 spiro atoms. The molecule has 4 rings (SSSR count). The van der Waals surface area contributed by atoms with E-state index in [0.29, 0.717) is 23.5 Å². The molecule has 0 radical (unpaired) electrons. The zero-order valence-corrected chi connectivity index (χ0v) is 20.7.